The number of sulfonamides is 1. The summed E-state index contributed by atoms with van der Waals surface area (Å²) in [4.78, 5) is 16.5. The summed E-state index contributed by atoms with van der Waals surface area (Å²) in [7, 11) is -1.92. The quantitative estimate of drug-likeness (QED) is 0.566. The van der Waals surface area contributed by atoms with E-state index in [1.807, 2.05) is 19.1 Å². The minimum atomic E-state index is -4.12. The number of nitrogens with one attached hydrogen (secondary N) is 2. The topological polar surface area (TPSA) is 85.0 Å². The molecule has 1 saturated heterocycles. The van der Waals surface area contributed by atoms with Gasteiger partial charge in [0.1, 0.15) is 15.8 Å². The monoisotopic (exact) mass is 482 g/mol. The van der Waals surface area contributed by atoms with Crippen molar-refractivity contribution < 1.29 is 22.5 Å². The molecule has 0 aliphatic carbocycles. The smallest absolute Gasteiger partial charge is 0.255 e. The van der Waals surface area contributed by atoms with Crippen molar-refractivity contribution in [3.8, 4) is 0 Å². The third-order valence-electron chi connectivity index (χ3n) is 5.93. The van der Waals surface area contributed by atoms with Crippen LogP contribution in [-0.2, 0) is 10.0 Å². The van der Waals surface area contributed by atoms with Gasteiger partial charge in [0.2, 0.25) is 0 Å². The zero-order chi connectivity index (χ0) is 24.3. The molecule has 7 nitrogen and oxygen atoms in total. The van der Waals surface area contributed by atoms with Crippen LogP contribution in [0.3, 0.4) is 0 Å². The van der Waals surface area contributed by atoms with Gasteiger partial charge in [0.15, 0.2) is 0 Å². The first-order valence-corrected chi connectivity index (χ1v) is 12.5. The van der Waals surface area contributed by atoms with Crippen LogP contribution < -0.4 is 15.1 Å². The molecule has 0 bridgehead atoms. The molecular formula is C25H27FN4O3S. The highest BCUT2D eigenvalue weighted by molar-refractivity contribution is 7.94. The number of carbonyl (C=O) groups is 1. The van der Waals surface area contributed by atoms with E-state index in [0.29, 0.717) is 11.3 Å². The first-order valence-electron chi connectivity index (χ1n) is 11.0. The van der Waals surface area contributed by atoms with Crippen molar-refractivity contribution in [2.45, 2.75) is 11.8 Å². The predicted octanol–water partition coefficient (Wildman–Crippen LogP) is 3.12. The highest BCUT2D eigenvalue weighted by atomic mass is 32.2. The van der Waals surface area contributed by atoms with Gasteiger partial charge < -0.3 is 19.8 Å². The standard InChI is InChI=1S/C25H26FN4O3S/c1-18-17-20(30-15-13-29(2)14-16-30)9-12-23(18)27-25(31)19-7-10-21(11-8-19)34(32,33)28-24-6-4-3-5-22(24)26/h3-12,17H,13-16H2,1-2H3,(H,27,31)/q-1/p+1. The second-order valence-corrected chi connectivity index (χ2v) is 10.0. The molecule has 4 rings (SSSR count). The van der Waals surface area contributed by atoms with E-state index in [0.717, 1.165) is 43.5 Å². The van der Waals surface area contributed by atoms with Gasteiger partial charge in [-0.15, -0.1) is 0 Å². The number of likely N-dealkylation sites (N-methyl/N-ethyl adjacent to an activating group) is 1. The fraction of sp³-hybridized carbons (Fsp3) is 0.240. The summed E-state index contributed by atoms with van der Waals surface area (Å²) >= 11 is 0. The van der Waals surface area contributed by atoms with Crippen molar-refractivity contribution in [2.24, 2.45) is 0 Å². The Labute approximate surface area is 199 Å². The van der Waals surface area contributed by atoms with Gasteiger partial charge in [0, 0.05) is 16.9 Å². The molecule has 0 saturated carbocycles. The van der Waals surface area contributed by atoms with E-state index < -0.39 is 15.8 Å². The summed E-state index contributed by atoms with van der Waals surface area (Å²) in [6.45, 7) is 6.12. The number of amides is 1. The first kappa shape index (κ1) is 23.7. The number of aryl methyl sites for hydroxylation is 1. The van der Waals surface area contributed by atoms with Gasteiger partial charge in [-0.2, -0.15) is 0 Å². The van der Waals surface area contributed by atoms with Crippen LogP contribution in [0.15, 0.2) is 71.6 Å². The molecule has 1 heterocycles. The lowest BCUT2D eigenvalue weighted by molar-refractivity contribution is -0.880. The van der Waals surface area contributed by atoms with Gasteiger partial charge in [0.05, 0.1) is 38.1 Å². The van der Waals surface area contributed by atoms with Crippen LogP contribution in [0, 0.1) is 12.7 Å². The van der Waals surface area contributed by atoms with Crippen molar-refractivity contribution >= 4 is 33.0 Å². The van der Waals surface area contributed by atoms with Crippen LogP contribution in [0.25, 0.3) is 4.72 Å². The second-order valence-electron chi connectivity index (χ2n) is 8.44. The molecule has 178 valence electrons. The molecule has 34 heavy (non-hydrogen) atoms. The number of hydrogen-bond acceptors (Lipinski definition) is 4. The summed E-state index contributed by atoms with van der Waals surface area (Å²) in [5.74, 6) is -1.08. The molecule has 0 unspecified atom stereocenters. The summed E-state index contributed by atoms with van der Waals surface area (Å²) < 4.78 is 42.4. The predicted molar refractivity (Wildman–Crippen MR) is 131 cm³/mol. The minimum Gasteiger partial charge on any atom is -0.570 e. The minimum absolute atomic E-state index is 0.123. The Balaban J connectivity index is 1.43. The van der Waals surface area contributed by atoms with Gasteiger partial charge in [-0.25, -0.2) is 12.8 Å². The molecule has 0 radical (unpaired) electrons. The van der Waals surface area contributed by atoms with Crippen LogP contribution in [-0.4, -0.2) is 47.6 Å². The summed E-state index contributed by atoms with van der Waals surface area (Å²) in [6.07, 6.45) is 0. The second kappa shape index (κ2) is 9.82. The van der Waals surface area contributed by atoms with Gasteiger partial charge in [-0.3, -0.25) is 4.79 Å². The van der Waals surface area contributed by atoms with E-state index in [-0.39, 0.29) is 16.5 Å². The molecule has 9 heteroatoms. The molecule has 1 fully saturated rings. The maximum absolute atomic E-state index is 13.8. The zero-order valence-electron chi connectivity index (χ0n) is 19.1. The molecular weight excluding hydrogens is 455 g/mol. The van der Waals surface area contributed by atoms with Crippen molar-refractivity contribution in [1.82, 2.24) is 0 Å². The molecule has 1 aliphatic rings. The van der Waals surface area contributed by atoms with E-state index >= 15 is 0 Å². The Morgan fingerprint density at radius 3 is 2.35 bits per heavy atom. The Morgan fingerprint density at radius 1 is 1.03 bits per heavy atom. The number of piperazine rings is 1. The van der Waals surface area contributed by atoms with Gasteiger partial charge in [-0.1, -0.05) is 23.9 Å². The Hall–Kier alpha value is -3.43. The molecule has 3 aromatic rings. The van der Waals surface area contributed by atoms with Crippen molar-refractivity contribution in [2.75, 3.05) is 43.4 Å². The zero-order valence-corrected chi connectivity index (χ0v) is 19.9. The molecule has 2 N–H and O–H groups in total. The number of quaternary nitrogens is 1. The van der Waals surface area contributed by atoms with E-state index in [9.17, 15) is 17.6 Å². The summed E-state index contributed by atoms with van der Waals surface area (Å²) in [6, 6.07) is 16.8. The number of nitrogens with zero attached hydrogens (tertiary/aromatic N) is 2. The lowest BCUT2D eigenvalue weighted by Crippen LogP contribution is -3.12. The fourth-order valence-corrected chi connectivity index (χ4v) is 4.80. The number of anilines is 2. The van der Waals surface area contributed by atoms with E-state index in [1.165, 1.54) is 47.4 Å². The Bertz CT molecular complexity index is 1290. The van der Waals surface area contributed by atoms with Crippen molar-refractivity contribution in [1.29, 1.82) is 0 Å². The number of hydrogen-bond donors (Lipinski definition) is 2. The lowest BCUT2D eigenvalue weighted by atomic mass is 10.1. The molecule has 1 amide bonds. The number of rotatable bonds is 6. The Kier molecular flexibility index (Phi) is 6.85. The highest BCUT2D eigenvalue weighted by Gasteiger charge is 2.18. The van der Waals surface area contributed by atoms with Crippen LogP contribution in [0.2, 0.25) is 0 Å². The van der Waals surface area contributed by atoms with Crippen LogP contribution in [0.4, 0.5) is 21.5 Å². The average molecular weight is 483 g/mol. The fourth-order valence-electron chi connectivity index (χ4n) is 3.81. The van der Waals surface area contributed by atoms with Crippen LogP contribution in [0.5, 0.6) is 0 Å². The highest BCUT2D eigenvalue weighted by Crippen LogP contribution is 2.30. The lowest BCUT2D eigenvalue weighted by Gasteiger charge is -2.32. The Morgan fingerprint density at radius 2 is 1.71 bits per heavy atom. The average Bonchev–Trinajstić information content (AvgIpc) is 2.82. The number of benzene rings is 3. The first-order chi connectivity index (χ1) is 16.2. The normalized spacial score (nSPS) is 14.6. The van der Waals surface area contributed by atoms with Gasteiger partial charge in [-0.05, 0) is 61.0 Å². The summed E-state index contributed by atoms with van der Waals surface area (Å²) in [5.41, 5.74) is 2.81. The largest absolute Gasteiger partial charge is 0.570 e. The molecule has 0 aromatic heterocycles. The molecule has 3 aromatic carbocycles. The van der Waals surface area contributed by atoms with E-state index in [2.05, 4.69) is 28.1 Å². The molecule has 0 spiro atoms. The van der Waals surface area contributed by atoms with Gasteiger partial charge in [0.25, 0.3) is 5.91 Å². The SMILES string of the molecule is Cc1cc(N2CC[NH+](C)CC2)ccc1NC(=O)c1ccc(S(=O)(=O)[N-]c2ccccc2F)cc1. The van der Waals surface area contributed by atoms with Crippen LogP contribution >= 0.6 is 0 Å². The third-order valence-corrected chi connectivity index (χ3v) is 7.23. The summed E-state index contributed by atoms with van der Waals surface area (Å²) in [5, 5.41) is 2.89. The molecule has 0 atom stereocenters. The number of carbonyl (C=O) groups excluding carboxylic acids is 1. The molecule has 1 aliphatic heterocycles. The third kappa shape index (κ3) is 5.37. The van der Waals surface area contributed by atoms with E-state index in [1.54, 1.807) is 0 Å². The van der Waals surface area contributed by atoms with E-state index in [4.69, 9.17) is 0 Å². The van der Waals surface area contributed by atoms with Crippen LogP contribution in [0.1, 0.15) is 15.9 Å². The maximum atomic E-state index is 13.8. The maximum Gasteiger partial charge on any atom is 0.255 e. The van der Waals surface area contributed by atoms with Crippen molar-refractivity contribution in [3.63, 3.8) is 0 Å². The van der Waals surface area contributed by atoms with Gasteiger partial charge >= 0.3 is 0 Å². The van der Waals surface area contributed by atoms with Crippen molar-refractivity contribution in [3.05, 3.63) is 88.4 Å². The number of halogens is 1.